The third-order valence-corrected chi connectivity index (χ3v) is 4.77. The van der Waals surface area contributed by atoms with E-state index in [1.807, 2.05) is 0 Å². The first kappa shape index (κ1) is 18.3. The minimum absolute atomic E-state index is 0.0357. The van der Waals surface area contributed by atoms with Crippen LogP contribution in [0.5, 0.6) is 11.5 Å². The number of hydrogen-bond donors (Lipinski definition) is 1. The summed E-state index contributed by atoms with van der Waals surface area (Å²) in [6.45, 7) is 3.52. The topological polar surface area (TPSA) is 81.7 Å². The van der Waals surface area contributed by atoms with Gasteiger partial charge in [0.25, 0.3) is 0 Å². The Bertz CT molecular complexity index is 851. The fourth-order valence-corrected chi connectivity index (χ4v) is 3.23. The second-order valence-corrected chi connectivity index (χ2v) is 7.14. The van der Waals surface area contributed by atoms with Gasteiger partial charge in [-0.2, -0.15) is 8.42 Å². The molecular weight excluding hydrogens is 398 g/mol. The van der Waals surface area contributed by atoms with Crippen LogP contribution in [0.2, 0.25) is 0 Å². The Morgan fingerprint density at radius 1 is 1.17 bits per heavy atom. The summed E-state index contributed by atoms with van der Waals surface area (Å²) < 4.78 is 36.2. The van der Waals surface area contributed by atoms with E-state index in [1.165, 1.54) is 25.1 Å². The maximum absolute atomic E-state index is 12.5. The highest BCUT2D eigenvalue weighted by Gasteiger charge is 2.20. The summed E-state index contributed by atoms with van der Waals surface area (Å²) in [5.74, 6) is 0.108. The average Bonchev–Trinajstić information content (AvgIpc) is 2.51. The molecule has 0 saturated carbocycles. The van der Waals surface area contributed by atoms with E-state index in [0.717, 1.165) is 0 Å². The van der Waals surface area contributed by atoms with Gasteiger partial charge < -0.3 is 14.2 Å². The van der Waals surface area contributed by atoms with E-state index < -0.39 is 10.1 Å². The summed E-state index contributed by atoms with van der Waals surface area (Å²) in [6, 6.07) is 10.7. The highest BCUT2D eigenvalue weighted by molar-refractivity contribution is 9.10. The van der Waals surface area contributed by atoms with Gasteiger partial charge in [-0.1, -0.05) is 12.1 Å². The van der Waals surface area contributed by atoms with Gasteiger partial charge in [-0.25, -0.2) is 0 Å². The van der Waals surface area contributed by atoms with Gasteiger partial charge in [-0.05, 0) is 47.1 Å². The number of hydrogen-bond acceptors (Lipinski definition) is 5. The predicted octanol–water partition coefficient (Wildman–Crippen LogP) is 3.57. The quantitative estimate of drug-likeness (QED) is 0.731. The number of amides is 1. The average molecular weight is 414 g/mol. The van der Waals surface area contributed by atoms with Crippen LogP contribution in [0.4, 0.5) is 5.69 Å². The molecular formula is C16H16BrNO5S. The Labute approximate surface area is 149 Å². The first-order valence-corrected chi connectivity index (χ1v) is 9.27. The molecule has 0 aliphatic heterocycles. The summed E-state index contributed by atoms with van der Waals surface area (Å²) in [5.41, 5.74) is 0.274. The summed E-state index contributed by atoms with van der Waals surface area (Å²) >= 11 is 3.30. The third-order valence-electron chi connectivity index (χ3n) is 2.89. The van der Waals surface area contributed by atoms with Crippen molar-refractivity contribution < 1.29 is 22.1 Å². The van der Waals surface area contributed by atoms with E-state index in [2.05, 4.69) is 21.2 Å². The maximum Gasteiger partial charge on any atom is 0.339 e. The lowest BCUT2D eigenvalue weighted by Crippen LogP contribution is -2.13. The summed E-state index contributed by atoms with van der Waals surface area (Å²) in [4.78, 5) is 11.2. The van der Waals surface area contributed by atoms with Crippen LogP contribution in [0.1, 0.15) is 13.8 Å². The first-order valence-electron chi connectivity index (χ1n) is 7.07. The fourth-order valence-electron chi connectivity index (χ4n) is 1.90. The molecule has 0 spiro atoms. The lowest BCUT2D eigenvalue weighted by atomic mass is 10.3. The zero-order chi connectivity index (χ0) is 17.7. The number of anilines is 1. The number of halogens is 1. The molecule has 0 atom stereocenters. The van der Waals surface area contributed by atoms with Crippen molar-refractivity contribution in [3.05, 3.63) is 46.9 Å². The molecule has 2 rings (SSSR count). The van der Waals surface area contributed by atoms with Gasteiger partial charge in [0.2, 0.25) is 5.91 Å². The molecule has 0 unspecified atom stereocenters. The lowest BCUT2D eigenvalue weighted by Gasteiger charge is -2.13. The van der Waals surface area contributed by atoms with Crippen molar-refractivity contribution in [3.8, 4) is 11.5 Å². The molecule has 0 aliphatic carbocycles. The molecule has 0 aromatic heterocycles. The molecule has 6 nitrogen and oxygen atoms in total. The molecule has 8 heteroatoms. The van der Waals surface area contributed by atoms with Crippen LogP contribution >= 0.6 is 15.9 Å². The van der Waals surface area contributed by atoms with Gasteiger partial charge in [-0.3, -0.25) is 4.79 Å². The van der Waals surface area contributed by atoms with Crippen LogP contribution in [0.3, 0.4) is 0 Å². The molecule has 2 aromatic carbocycles. The Morgan fingerprint density at radius 3 is 2.54 bits per heavy atom. The molecule has 0 bridgehead atoms. The van der Waals surface area contributed by atoms with Gasteiger partial charge in [0, 0.05) is 13.0 Å². The Hall–Kier alpha value is -2.06. The standard InChI is InChI=1S/C16H16BrNO5S/c1-3-22-16-10-12(8-9-13(16)17)24(20,21)23-15-7-5-4-6-14(15)18-11(2)19/h4-10H,3H2,1-2H3,(H,18,19). The molecule has 24 heavy (non-hydrogen) atoms. The minimum atomic E-state index is -4.08. The highest BCUT2D eigenvalue weighted by Crippen LogP contribution is 2.31. The molecule has 0 fully saturated rings. The van der Waals surface area contributed by atoms with Crippen molar-refractivity contribution in [3.63, 3.8) is 0 Å². The second kappa shape index (κ2) is 7.67. The number of benzene rings is 2. The van der Waals surface area contributed by atoms with Crippen molar-refractivity contribution in [1.29, 1.82) is 0 Å². The molecule has 1 amide bonds. The number of para-hydroxylation sites is 2. The van der Waals surface area contributed by atoms with Crippen molar-refractivity contribution in [2.45, 2.75) is 18.7 Å². The molecule has 2 aromatic rings. The monoisotopic (exact) mass is 413 g/mol. The minimum Gasteiger partial charge on any atom is -0.493 e. The molecule has 0 heterocycles. The van der Waals surface area contributed by atoms with Gasteiger partial charge in [0.15, 0.2) is 5.75 Å². The molecule has 128 valence electrons. The van der Waals surface area contributed by atoms with Gasteiger partial charge in [0.05, 0.1) is 16.8 Å². The number of nitrogens with one attached hydrogen (secondary N) is 1. The number of rotatable bonds is 6. The summed E-state index contributed by atoms with van der Waals surface area (Å²) in [5, 5.41) is 2.53. The van der Waals surface area contributed by atoms with E-state index >= 15 is 0 Å². The zero-order valence-corrected chi connectivity index (χ0v) is 15.5. The summed E-state index contributed by atoms with van der Waals surface area (Å²) in [7, 11) is -4.08. The van der Waals surface area contributed by atoms with Crippen molar-refractivity contribution in [2.24, 2.45) is 0 Å². The number of ether oxygens (including phenoxy) is 1. The molecule has 0 aliphatic rings. The second-order valence-electron chi connectivity index (χ2n) is 4.74. The largest absolute Gasteiger partial charge is 0.493 e. The Balaban J connectivity index is 2.36. The van der Waals surface area contributed by atoms with E-state index in [4.69, 9.17) is 8.92 Å². The van der Waals surface area contributed by atoms with Crippen molar-refractivity contribution in [1.82, 2.24) is 0 Å². The third kappa shape index (κ3) is 4.48. The van der Waals surface area contributed by atoms with E-state index in [9.17, 15) is 13.2 Å². The maximum atomic E-state index is 12.5. The van der Waals surface area contributed by atoms with Crippen molar-refractivity contribution >= 4 is 37.6 Å². The zero-order valence-electron chi connectivity index (χ0n) is 13.1. The number of carbonyl (C=O) groups excluding carboxylic acids is 1. The van der Waals surface area contributed by atoms with Crippen LogP contribution in [0.25, 0.3) is 0 Å². The normalized spacial score (nSPS) is 11.0. The van der Waals surface area contributed by atoms with Gasteiger partial charge >= 0.3 is 10.1 Å². The van der Waals surface area contributed by atoms with Crippen LogP contribution in [0, 0.1) is 0 Å². The molecule has 0 saturated heterocycles. The smallest absolute Gasteiger partial charge is 0.339 e. The molecule has 0 radical (unpaired) electrons. The summed E-state index contributed by atoms with van der Waals surface area (Å²) in [6.07, 6.45) is 0. The number of carbonyl (C=O) groups is 1. The van der Waals surface area contributed by atoms with E-state index in [1.54, 1.807) is 31.2 Å². The van der Waals surface area contributed by atoms with Gasteiger partial charge in [0.1, 0.15) is 10.6 Å². The predicted molar refractivity (Wildman–Crippen MR) is 93.9 cm³/mol. The Morgan fingerprint density at radius 2 is 1.88 bits per heavy atom. The van der Waals surface area contributed by atoms with E-state index in [-0.39, 0.29) is 22.2 Å². The SMILES string of the molecule is CCOc1cc(S(=O)(=O)Oc2ccccc2NC(C)=O)ccc1Br. The van der Waals surface area contributed by atoms with Crippen LogP contribution in [-0.4, -0.2) is 20.9 Å². The fraction of sp³-hybridized carbons (Fsp3) is 0.188. The lowest BCUT2D eigenvalue weighted by molar-refractivity contribution is -0.114. The van der Waals surface area contributed by atoms with E-state index in [0.29, 0.717) is 16.8 Å². The molecule has 1 N–H and O–H groups in total. The Kier molecular flexibility index (Phi) is 5.84. The van der Waals surface area contributed by atoms with Crippen LogP contribution in [0.15, 0.2) is 51.8 Å². The van der Waals surface area contributed by atoms with Crippen LogP contribution < -0.4 is 14.2 Å². The van der Waals surface area contributed by atoms with Crippen molar-refractivity contribution in [2.75, 3.05) is 11.9 Å². The first-order chi connectivity index (χ1) is 11.3. The van der Waals surface area contributed by atoms with Crippen LogP contribution in [-0.2, 0) is 14.9 Å². The highest BCUT2D eigenvalue weighted by atomic mass is 79.9. The van der Waals surface area contributed by atoms with Gasteiger partial charge in [-0.15, -0.1) is 0 Å².